The zero-order chi connectivity index (χ0) is 22.8. The fourth-order valence-electron chi connectivity index (χ4n) is 3.46. The zero-order valence-electron chi connectivity index (χ0n) is 18.8. The minimum absolute atomic E-state index is 0.0859. The van der Waals surface area contributed by atoms with E-state index in [1.165, 1.54) is 20.2 Å². The van der Waals surface area contributed by atoms with E-state index < -0.39 is 10.0 Å². The fourth-order valence-corrected chi connectivity index (χ4v) is 4.39. The summed E-state index contributed by atoms with van der Waals surface area (Å²) >= 11 is 0. The van der Waals surface area contributed by atoms with Crippen LogP contribution in [-0.2, 0) is 15.4 Å². The standard InChI is InChI=1S/C22H31N5O3S/c1-22(2,3)21-23-14-16(15-24-21)25-20(28)18-13-17(31(29,30)26(4)5)9-10-19(18)27-11-7-6-8-12-27/h9-10,13-15H,6-8,11-12H2,1-5H3,(H,25,28). The summed E-state index contributed by atoms with van der Waals surface area (Å²) in [5.41, 5.74) is 1.33. The molecular formula is C22H31N5O3S. The van der Waals surface area contributed by atoms with Gasteiger partial charge in [0.05, 0.1) is 28.5 Å². The van der Waals surface area contributed by atoms with Crippen LogP contribution in [0.1, 0.15) is 56.2 Å². The third kappa shape index (κ3) is 5.22. The van der Waals surface area contributed by atoms with E-state index in [-0.39, 0.29) is 16.2 Å². The molecule has 9 heteroatoms. The first kappa shape index (κ1) is 23.1. The van der Waals surface area contributed by atoms with Crippen LogP contribution in [0.25, 0.3) is 0 Å². The Kier molecular flexibility index (Phi) is 6.66. The van der Waals surface area contributed by atoms with E-state index in [1.54, 1.807) is 24.5 Å². The van der Waals surface area contributed by atoms with E-state index in [4.69, 9.17) is 0 Å². The Morgan fingerprint density at radius 2 is 1.68 bits per heavy atom. The molecule has 3 rings (SSSR count). The van der Waals surface area contributed by atoms with Crippen molar-refractivity contribution in [2.45, 2.75) is 50.3 Å². The van der Waals surface area contributed by atoms with Gasteiger partial charge in [-0.25, -0.2) is 22.7 Å². The van der Waals surface area contributed by atoms with E-state index in [2.05, 4.69) is 20.2 Å². The lowest BCUT2D eigenvalue weighted by molar-refractivity contribution is 0.102. The summed E-state index contributed by atoms with van der Waals surface area (Å²) in [5.74, 6) is 0.294. The first-order valence-electron chi connectivity index (χ1n) is 10.5. The van der Waals surface area contributed by atoms with Crippen molar-refractivity contribution in [1.29, 1.82) is 0 Å². The molecule has 1 aliphatic heterocycles. The van der Waals surface area contributed by atoms with Gasteiger partial charge in [-0.05, 0) is 37.5 Å². The minimum Gasteiger partial charge on any atom is -0.371 e. The number of sulfonamides is 1. The van der Waals surface area contributed by atoms with Crippen LogP contribution >= 0.6 is 0 Å². The molecular weight excluding hydrogens is 414 g/mol. The molecule has 0 aliphatic carbocycles. The van der Waals surface area contributed by atoms with E-state index in [0.717, 1.165) is 42.3 Å². The van der Waals surface area contributed by atoms with Crippen molar-refractivity contribution in [3.8, 4) is 0 Å². The van der Waals surface area contributed by atoms with Gasteiger partial charge >= 0.3 is 0 Å². The second kappa shape index (κ2) is 8.92. The number of carbonyl (C=O) groups excluding carboxylic acids is 1. The summed E-state index contributed by atoms with van der Waals surface area (Å²) in [6, 6.07) is 4.76. The number of hydrogen-bond donors (Lipinski definition) is 1. The van der Waals surface area contributed by atoms with E-state index in [1.807, 2.05) is 20.8 Å². The maximum Gasteiger partial charge on any atom is 0.257 e. The summed E-state index contributed by atoms with van der Waals surface area (Å²) in [6.45, 7) is 7.72. The highest BCUT2D eigenvalue weighted by atomic mass is 32.2. The van der Waals surface area contributed by atoms with Gasteiger partial charge in [0.25, 0.3) is 5.91 Å². The van der Waals surface area contributed by atoms with Crippen molar-refractivity contribution in [3.63, 3.8) is 0 Å². The molecule has 168 valence electrons. The molecule has 31 heavy (non-hydrogen) atoms. The number of nitrogens with zero attached hydrogens (tertiary/aromatic N) is 4. The van der Waals surface area contributed by atoms with Crippen LogP contribution in [0.15, 0.2) is 35.5 Å². The number of rotatable bonds is 5. The van der Waals surface area contributed by atoms with Gasteiger partial charge in [-0.1, -0.05) is 20.8 Å². The van der Waals surface area contributed by atoms with Crippen LogP contribution in [0.2, 0.25) is 0 Å². The number of hydrogen-bond acceptors (Lipinski definition) is 6. The number of benzene rings is 1. The third-order valence-corrected chi connectivity index (χ3v) is 7.08. The van der Waals surface area contributed by atoms with Crippen molar-refractivity contribution >= 4 is 27.3 Å². The normalized spacial score (nSPS) is 15.2. The van der Waals surface area contributed by atoms with Gasteiger partial charge in [0, 0.05) is 38.3 Å². The van der Waals surface area contributed by atoms with Gasteiger partial charge in [0.15, 0.2) is 0 Å². The molecule has 2 aromatic rings. The molecule has 1 fully saturated rings. The maximum absolute atomic E-state index is 13.2. The SMILES string of the molecule is CN(C)S(=O)(=O)c1ccc(N2CCCCC2)c(C(=O)Nc2cnc(C(C)(C)C)nc2)c1. The summed E-state index contributed by atoms with van der Waals surface area (Å²) in [6.07, 6.45) is 6.39. The molecule has 2 heterocycles. The second-order valence-electron chi connectivity index (χ2n) is 9.01. The van der Waals surface area contributed by atoms with Gasteiger partial charge in [-0.3, -0.25) is 4.79 Å². The average molecular weight is 446 g/mol. The predicted molar refractivity (Wildman–Crippen MR) is 122 cm³/mol. The topological polar surface area (TPSA) is 95.5 Å². The van der Waals surface area contributed by atoms with Crippen LogP contribution in [-0.4, -0.2) is 55.8 Å². The number of piperidine rings is 1. The average Bonchev–Trinajstić information content (AvgIpc) is 2.73. The highest BCUT2D eigenvalue weighted by Crippen LogP contribution is 2.28. The minimum atomic E-state index is -3.67. The molecule has 0 radical (unpaired) electrons. The summed E-state index contributed by atoms with van der Waals surface area (Å²) in [7, 11) is -0.717. The Labute approximate surface area is 184 Å². The molecule has 1 N–H and O–H groups in total. The van der Waals surface area contributed by atoms with Crippen LogP contribution in [0.4, 0.5) is 11.4 Å². The molecule has 1 aromatic heterocycles. The Bertz CT molecular complexity index is 1040. The van der Waals surface area contributed by atoms with Crippen molar-refractivity contribution in [1.82, 2.24) is 14.3 Å². The lowest BCUT2D eigenvalue weighted by atomic mass is 9.96. The van der Waals surface area contributed by atoms with E-state index >= 15 is 0 Å². The number of carbonyl (C=O) groups is 1. The van der Waals surface area contributed by atoms with Crippen molar-refractivity contribution in [3.05, 3.63) is 42.0 Å². The van der Waals surface area contributed by atoms with Gasteiger partial charge in [0.1, 0.15) is 5.82 Å². The molecule has 1 saturated heterocycles. The monoisotopic (exact) mass is 445 g/mol. The summed E-state index contributed by atoms with van der Waals surface area (Å²) in [5, 5.41) is 2.83. The number of anilines is 2. The Hall–Kier alpha value is -2.52. The Balaban J connectivity index is 1.96. The van der Waals surface area contributed by atoms with Crippen LogP contribution in [0.3, 0.4) is 0 Å². The summed E-state index contributed by atoms with van der Waals surface area (Å²) < 4.78 is 26.4. The quantitative estimate of drug-likeness (QED) is 0.759. The van der Waals surface area contributed by atoms with Crippen molar-refractivity contribution < 1.29 is 13.2 Å². The number of aromatic nitrogens is 2. The Morgan fingerprint density at radius 1 is 1.06 bits per heavy atom. The summed E-state index contributed by atoms with van der Waals surface area (Å²) in [4.78, 5) is 24.1. The van der Waals surface area contributed by atoms with E-state index in [0.29, 0.717) is 17.1 Å². The molecule has 1 aromatic carbocycles. The first-order valence-corrected chi connectivity index (χ1v) is 11.9. The van der Waals surface area contributed by atoms with Gasteiger partial charge in [-0.2, -0.15) is 0 Å². The van der Waals surface area contributed by atoms with Gasteiger partial charge in [-0.15, -0.1) is 0 Å². The molecule has 0 unspecified atom stereocenters. The number of nitrogens with one attached hydrogen (secondary N) is 1. The third-order valence-electron chi connectivity index (χ3n) is 5.27. The first-order chi connectivity index (χ1) is 14.5. The van der Waals surface area contributed by atoms with Crippen molar-refractivity contribution in [2.75, 3.05) is 37.4 Å². The van der Waals surface area contributed by atoms with Gasteiger partial charge in [0.2, 0.25) is 10.0 Å². The molecule has 1 amide bonds. The van der Waals surface area contributed by atoms with Crippen LogP contribution in [0, 0.1) is 0 Å². The van der Waals surface area contributed by atoms with Crippen LogP contribution < -0.4 is 10.2 Å². The highest BCUT2D eigenvalue weighted by molar-refractivity contribution is 7.89. The maximum atomic E-state index is 13.2. The largest absolute Gasteiger partial charge is 0.371 e. The Morgan fingerprint density at radius 3 is 2.23 bits per heavy atom. The second-order valence-corrected chi connectivity index (χ2v) is 11.2. The molecule has 0 spiro atoms. The highest BCUT2D eigenvalue weighted by Gasteiger charge is 2.24. The lowest BCUT2D eigenvalue weighted by Gasteiger charge is -2.30. The smallest absolute Gasteiger partial charge is 0.257 e. The molecule has 0 saturated carbocycles. The zero-order valence-corrected chi connectivity index (χ0v) is 19.7. The van der Waals surface area contributed by atoms with Crippen molar-refractivity contribution in [2.24, 2.45) is 0 Å². The molecule has 1 aliphatic rings. The molecule has 0 bridgehead atoms. The van der Waals surface area contributed by atoms with Gasteiger partial charge < -0.3 is 10.2 Å². The predicted octanol–water partition coefficient (Wildman–Crippen LogP) is 3.27. The lowest BCUT2D eigenvalue weighted by Crippen LogP contribution is -2.32. The fraction of sp³-hybridized carbons (Fsp3) is 0.500. The molecule has 8 nitrogen and oxygen atoms in total. The van der Waals surface area contributed by atoms with Crippen LogP contribution in [0.5, 0.6) is 0 Å². The number of amides is 1. The molecule has 0 atom stereocenters. The van der Waals surface area contributed by atoms with E-state index in [9.17, 15) is 13.2 Å².